The van der Waals surface area contributed by atoms with Gasteiger partial charge in [0.25, 0.3) is 0 Å². The third-order valence-corrected chi connectivity index (χ3v) is 1.56. The van der Waals surface area contributed by atoms with Crippen molar-refractivity contribution in [2.45, 2.75) is 20.7 Å². The third kappa shape index (κ3) is 2.23. The van der Waals surface area contributed by atoms with Gasteiger partial charge in [0, 0.05) is 4.11 Å². The van der Waals surface area contributed by atoms with Crippen molar-refractivity contribution in [3.05, 3.63) is 41.0 Å². The number of aryl methyl sites for hydroxylation is 1. The molecule has 1 aromatic carbocycles. The van der Waals surface area contributed by atoms with Gasteiger partial charge in [0.2, 0.25) is 0 Å². The number of allylic oxidation sites excluding steroid dienone is 1. The maximum Gasteiger partial charge on any atom is 0.0276 e. The molecule has 0 atom stereocenters. The summed E-state index contributed by atoms with van der Waals surface area (Å²) in [4.78, 5) is 0. The van der Waals surface area contributed by atoms with Crippen LogP contribution in [0.5, 0.6) is 0 Å². The molecule has 0 unspecified atom stereocenters. The smallest absolute Gasteiger partial charge is 0.0276 e. The molecule has 0 fully saturated rings. The molecule has 0 aromatic heterocycles. The number of hydrogen-bond donors (Lipinski definition) is 0. The van der Waals surface area contributed by atoms with Crippen molar-refractivity contribution >= 4 is 6.08 Å². The molecule has 0 nitrogen and oxygen atoms in total. The zero-order valence-electron chi connectivity index (χ0n) is 9.89. The average molecular weight is 149 g/mol. The highest BCUT2D eigenvalue weighted by Crippen LogP contribution is 2.10. The first-order valence-corrected chi connectivity index (χ1v) is 3.65. The summed E-state index contributed by atoms with van der Waals surface area (Å²) < 4.78 is 21.7. The van der Waals surface area contributed by atoms with E-state index in [1.54, 1.807) is 13.0 Å². The standard InChI is InChI=1S/C11H14/c1-9(2)8-11-7-5-4-6-10(11)3/h4-8H,1-3H3/i1D3/b9-8-. The number of rotatable bonds is 1. The van der Waals surface area contributed by atoms with E-state index in [1.165, 1.54) is 0 Å². The second-order valence-corrected chi connectivity index (χ2v) is 2.68. The van der Waals surface area contributed by atoms with Crippen LogP contribution in [-0.2, 0) is 0 Å². The minimum atomic E-state index is -1.98. The van der Waals surface area contributed by atoms with Gasteiger partial charge in [-0.2, -0.15) is 0 Å². The lowest BCUT2D eigenvalue weighted by molar-refractivity contribution is 1.39. The molecule has 0 heterocycles. The Kier molecular flexibility index (Phi) is 1.46. The maximum atomic E-state index is 7.22. The Labute approximate surface area is 72.8 Å². The Morgan fingerprint density at radius 3 is 2.82 bits per heavy atom. The monoisotopic (exact) mass is 149 g/mol. The highest BCUT2D eigenvalue weighted by atomic mass is 14.0. The van der Waals surface area contributed by atoms with Crippen LogP contribution in [0.15, 0.2) is 29.8 Å². The van der Waals surface area contributed by atoms with Gasteiger partial charge >= 0.3 is 0 Å². The molecule has 0 bridgehead atoms. The van der Waals surface area contributed by atoms with Crippen LogP contribution >= 0.6 is 0 Å². The molecule has 1 rings (SSSR count). The third-order valence-electron chi connectivity index (χ3n) is 1.56. The summed E-state index contributed by atoms with van der Waals surface area (Å²) >= 11 is 0. The van der Waals surface area contributed by atoms with Gasteiger partial charge in [-0.05, 0) is 31.8 Å². The van der Waals surface area contributed by atoms with E-state index in [0.717, 1.165) is 11.1 Å². The number of benzene rings is 1. The van der Waals surface area contributed by atoms with Crippen molar-refractivity contribution in [2.24, 2.45) is 0 Å². The van der Waals surface area contributed by atoms with Crippen LogP contribution in [0.25, 0.3) is 6.08 Å². The topological polar surface area (TPSA) is 0 Å². The maximum absolute atomic E-state index is 7.22. The summed E-state index contributed by atoms with van der Waals surface area (Å²) in [5.74, 6) is 0. The SMILES string of the molecule is [2H]C([2H])([2H])/C(C)=C/c1ccccc1C. The Bertz CT molecular complexity index is 348. The Balaban J connectivity index is 3.04. The fraction of sp³-hybridized carbons (Fsp3) is 0.273. The van der Waals surface area contributed by atoms with Crippen LogP contribution in [0.1, 0.15) is 29.0 Å². The van der Waals surface area contributed by atoms with Crippen LogP contribution in [0.4, 0.5) is 0 Å². The minimum Gasteiger partial charge on any atom is -0.0758 e. The second kappa shape index (κ2) is 3.38. The molecule has 0 radical (unpaired) electrons. The average Bonchev–Trinajstić information content (AvgIpc) is 2.07. The lowest BCUT2D eigenvalue weighted by Crippen LogP contribution is -1.78. The van der Waals surface area contributed by atoms with E-state index < -0.39 is 6.85 Å². The molecule has 11 heavy (non-hydrogen) atoms. The molecule has 0 aliphatic carbocycles. The first-order chi connectivity index (χ1) is 6.41. The molecule has 1 aromatic rings. The summed E-state index contributed by atoms with van der Waals surface area (Å²) in [6.07, 6.45) is 1.72. The molecule has 0 saturated carbocycles. The Hall–Kier alpha value is -1.04. The Morgan fingerprint density at radius 1 is 1.45 bits per heavy atom. The largest absolute Gasteiger partial charge is 0.0758 e. The van der Waals surface area contributed by atoms with Crippen molar-refractivity contribution in [3.63, 3.8) is 0 Å². The zero-order chi connectivity index (χ0) is 10.8. The summed E-state index contributed by atoms with van der Waals surface area (Å²) in [6, 6.07) is 7.74. The molecule has 0 aliphatic rings. The van der Waals surface area contributed by atoms with Gasteiger partial charge < -0.3 is 0 Å². The molecule has 0 spiro atoms. The molecule has 0 saturated heterocycles. The molecule has 0 heteroatoms. The quantitative estimate of drug-likeness (QED) is 0.574. The predicted molar refractivity (Wildman–Crippen MR) is 50.5 cm³/mol. The van der Waals surface area contributed by atoms with Crippen LogP contribution in [-0.4, -0.2) is 0 Å². The minimum absolute atomic E-state index is 0.423. The highest BCUT2D eigenvalue weighted by molar-refractivity contribution is 5.55. The molecule has 58 valence electrons. The fourth-order valence-electron chi connectivity index (χ4n) is 0.982. The lowest BCUT2D eigenvalue weighted by Gasteiger charge is -1.98. The van der Waals surface area contributed by atoms with Gasteiger partial charge in [0.15, 0.2) is 0 Å². The van der Waals surface area contributed by atoms with Gasteiger partial charge in [0.1, 0.15) is 0 Å². The van der Waals surface area contributed by atoms with Crippen LogP contribution in [0.2, 0.25) is 0 Å². The van der Waals surface area contributed by atoms with Crippen molar-refractivity contribution < 1.29 is 4.11 Å². The van der Waals surface area contributed by atoms with Gasteiger partial charge in [0.05, 0.1) is 0 Å². The lowest BCUT2D eigenvalue weighted by atomic mass is 10.1. The highest BCUT2D eigenvalue weighted by Gasteiger charge is 1.90. The van der Waals surface area contributed by atoms with E-state index in [0.29, 0.717) is 5.57 Å². The van der Waals surface area contributed by atoms with E-state index in [1.807, 2.05) is 31.2 Å². The van der Waals surface area contributed by atoms with E-state index >= 15 is 0 Å². The van der Waals surface area contributed by atoms with Crippen LogP contribution in [0.3, 0.4) is 0 Å². The van der Waals surface area contributed by atoms with Crippen molar-refractivity contribution in [1.82, 2.24) is 0 Å². The molecular formula is C11H14. The van der Waals surface area contributed by atoms with Crippen molar-refractivity contribution in [2.75, 3.05) is 0 Å². The van der Waals surface area contributed by atoms with Crippen LogP contribution in [0, 0.1) is 6.92 Å². The molecule has 0 amide bonds. The van der Waals surface area contributed by atoms with E-state index in [4.69, 9.17) is 4.11 Å². The van der Waals surface area contributed by atoms with Gasteiger partial charge in [-0.15, -0.1) is 0 Å². The molecule has 0 aliphatic heterocycles. The number of hydrogen-bond acceptors (Lipinski definition) is 0. The van der Waals surface area contributed by atoms with Gasteiger partial charge in [-0.25, -0.2) is 0 Å². The zero-order valence-corrected chi connectivity index (χ0v) is 6.89. The molecule has 0 N–H and O–H groups in total. The molecular weight excluding hydrogens is 132 g/mol. The van der Waals surface area contributed by atoms with Gasteiger partial charge in [-0.3, -0.25) is 0 Å². The second-order valence-electron chi connectivity index (χ2n) is 2.68. The van der Waals surface area contributed by atoms with Crippen molar-refractivity contribution in [3.8, 4) is 0 Å². The van der Waals surface area contributed by atoms with Crippen molar-refractivity contribution in [1.29, 1.82) is 0 Å². The van der Waals surface area contributed by atoms with E-state index in [2.05, 4.69) is 0 Å². The van der Waals surface area contributed by atoms with Crippen LogP contribution < -0.4 is 0 Å². The van der Waals surface area contributed by atoms with E-state index in [-0.39, 0.29) is 0 Å². The summed E-state index contributed by atoms with van der Waals surface area (Å²) in [5, 5.41) is 0. The predicted octanol–water partition coefficient (Wildman–Crippen LogP) is 3.42. The first-order valence-electron chi connectivity index (χ1n) is 5.15. The first kappa shape index (κ1) is 4.76. The van der Waals surface area contributed by atoms with E-state index in [9.17, 15) is 0 Å². The summed E-state index contributed by atoms with van der Waals surface area (Å²) in [6.45, 7) is 1.63. The normalized spacial score (nSPS) is 16.9. The summed E-state index contributed by atoms with van der Waals surface area (Å²) in [5.41, 5.74) is 2.49. The van der Waals surface area contributed by atoms with Gasteiger partial charge in [-0.1, -0.05) is 35.9 Å². The summed E-state index contributed by atoms with van der Waals surface area (Å²) in [7, 11) is 0. The Morgan fingerprint density at radius 2 is 2.18 bits per heavy atom. The fourth-order valence-corrected chi connectivity index (χ4v) is 0.982.